The van der Waals surface area contributed by atoms with Crippen LogP contribution in [0.5, 0.6) is 5.75 Å². The summed E-state index contributed by atoms with van der Waals surface area (Å²) in [4.78, 5) is 0. The molecule has 0 amide bonds. The number of halogens is 2. The van der Waals surface area contributed by atoms with E-state index >= 15 is 0 Å². The molecule has 0 aliphatic heterocycles. The molecule has 14 heavy (non-hydrogen) atoms. The van der Waals surface area contributed by atoms with Gasteiger partial charge in [-0.15, -0.1) is 0 Å². The van der Waals surface area contributed by atoms with Gasteiger partial charge in [0, 0.05) is 18.0 Å². The summed E-state index contributed by atoms with van der Waals surface area (Å²) in [5.74, 6) is -0.904. The molecule has 4 heteroatoms. The number of alkyl halides is 1. The van der Waals surface area contributed by atoms with Gasteiger partial charge >= 0.3 is 0 Å². The first kappa shape index (κ1) is 10.9. The highest BCUT2D eigenvalue weighted by molar-refractivity contribution is 5.37. The summed E-state index contributed by atoms with van der Waals surface area (Å²) in [6.07, 6.45) is 0. The lowest BCUT2D eigenvalue weighted by molar-refractivity contribution is 0.366. The molecule has 78 valence electrons. The maximum absolute atomic E-state index is 13.2. The highest BCUT2D eigenvalue weighted by atomic mass is 19.1. The van der Waals surface area contributed by atoms with Crippen LogP contribution in [-0.2, 0) is 0 Å². The first-order chi connectivity index (χ1) is 6.74. The molecule has 0 radical (unpaired) electrons. The predicted molar refractivity (Wildman–Crippen MR) is 50.7 cm³/mol. The summed E-state index contributed by atoms with van der Waals surface area (Å²) >= 11 is 0. The maximum Gasteiger partial charge on any atom is 0.165 e. The lowest BCUT2D eigenvalue weighted by Gasteiger charge is -2.15. The van der Waals surface area contributed by atoms with Crippen molar-refractivity contribution in [3.05, 3.63) is 29.6 Å². The van der Waals surface area contributed by atoms with Gasteiger partial charge in [0.05, 0.1) is 13.8 Å². The Morgan fingerprint density at radius 2 is 2.21 bits per heavy atom. The van der Waals surface area contributed by atoms with E-state index < -0.39 is 18.4 Å². The molecule has 0 fully saturated rings. The molecule has 0 bridgehead atoms. The second-order valence-corrected chi connectivity index (χ2v) is 2.95. The first-order valence-electron chi connectivity index (χ1n) is 4.33. The van der Waals surface area contributed by atoms with Crippen LogP contribution in [0.2, 0.25) is 0 Å². The lowest BCUT2D eigenvalue weighted by atomic mass is 9.99. The standard InChI is InChI=1S/C10H13F2NO/c1-14-10-8(7(5-11)6-13)3-2-4-9(10)12/h2-4,7H,5-6,13H2,1H3. The minimum atomic E-state index is -0.615. The lowest BCUT2D eigenvalue weighted by Crippen LogP contribution is -2.15. The van der Waals surface area contributed by atoms with E-state index in [2.05, 4.69) is 0 Å². The monoisotopic (exact) mass is 201 g/mol. The van der Waals surface area contributed by atoms with E-state index in [0.29, 0.717) is 5.56 Å². The van der Waals surface area contributed by atoms with Gasteiger partial charge in [0.15, 0.2) is 11.6 Å². The predicted octanol–water partition coefficient (Wildman–Crippen LogP) is 1.85. The zero-order valence-corrected chi connectivity index (χ0v) is 7.97. The third-order valence-corrected chi connectivity index (χ3v) is 2.11. The van der Waals surface area contributed by atoms with Gasteiger partial charge < -0.3 is 10.5 Å². The Morgan fingerprint density at radius 3 is 2.71 bits per heavy atom. The number of methoxy groups -OCH3 is 1. The number of hydrogen-bond acceptors (Lipinski definition) is 2. The van der Waals surface area contributed by atoms with Crippen molar-refractivity contribution in [2.75, 3.05) is 20.3 Å². The van der Waals surface area contributed by atoms with Crippen LogP contribution in [0.1, 0.15) is 11.5 Å². The summed E-state index contributed by atoms with van der Waals surface area (Å²) in [6, 6.07) is 4.42. The molecular weight excluding hydrogens is 188 g/mol. The van der Waals surface area contributed by atoms with Crippen molar-refractivity contribution in [3.8, 4) is 5.75 Å². The molecule has 1 rings (SSSR count). The average Bonchev–Trinajstić information content (AvgIpc) is 2.20. The van der Waals surface area contributed by atoms with Gasteiger partial charge in [-0.2, -0.15) is 0 Å². The quantitative estimate of drug-likeness (QED) is 0.806. The van der Waals surface area contributed by atoms with Crippen molar-refractivity contribution in [1.82, 2.24) is 0 Å². The maximum atomic E-state index is 13.2. The number of benzene rings is 1. The number of para-hydroxylation sites is 1. The highest BCUT2D eigenvalue weighted by Crippen LogP contribution is 2.28. The third kappa shape index (κ3) is 2.01. The zero-order chi connectivity index (χ0) is 10.6. The molecule has 0 spiro atoms. The molecule has 2 N–H and O–H groups in total. The molecule has 0 aromatic heterocycles. The molecule has 1 unspecified atom stereocenters. The van der Waals surface area contributed by atoms with Gasteiger partial charge in [-0.3, -0.25) is 4.39 Å². The van der Waals surface area contributed by atoms with E-state index in [4.69, 9.17) is 10.5 Å². The first-order valence-corrected chi connectivity index (χ1v) is 4.33. The molecule has 0 saturated heterocycles. The Kier molecular flexibility index (Phi) is 3.83. The van der Waals surface area contributed by atoms with Crippen LogP contribution in [0.15, 0.2) is 18.2 Å². The van der Waals surface area contributed by atoms with Gasteiger partial charge in [-0.1, -0.05) is 12.1 Å². The van der Waals surface area contributed by atoms with E-state index in [1.54, 1.807) is 6.07 Å². The Bertz CT molecular complexity index is 300. The summed E-state index contributed by atoms with van der Waals surface area (Å²) in [5, 5.41) is 0. The van der Waals surface area contributed by atoms with E-state index in [1.165, 1.54) is 19.2 Å². The molecule has 0 saturated carbocycles. The van der Waals surface area contributed by atoms with E-state index in [9.17, 15) is 8.78 Å². The van der Waals surface area contributed by atoms with Gasteiger partial charge in [0.1, 0.15) is 0 Å². The zero-order valence-electron chi connectivity index (χ0n) is 7.97. The van der Waals surface area contributed by atoms with Gasteiger partial charge in [0.2, 0.25) is 0 Å². The smallest absolute Gasteiger partial charge is 0.165 e. The molecule has 1 aromatic rings. The van der Waals surface area contributed by atoms with Crippen LogP contribution < -0.4 is 10.5 Å². The van der Waals surface area contributed by atoms with Gasteiger partial charge in [0.25, 0.3) is 0 Å². The average molecular weight is 201 g/mol. The normalized spacial score (nSPS) is 12.6. The Balaban J connectivity index is 3.11. The van der Waals surface area contributed by atoms with Crippen molar-refractivity contribution in [2.24, 2.45) is 5.73 Å². The van der Waals surface area contributed by atoms with Crippen molar-refractivity contribution >= 4 is 0 Å². The molecule has 1 atom stereocenters. The van der Waals surface area contributed by atoms with Crippen molar-refractivity contribution in [1.29, 1.82) is 0 Å². The second kappa shape index (κ2) is 4.91. The summed E-state index contributed by atoms with van der Waals surface area (Å²) in [6.45, 7) is -0.480. The van der Waals surface area contributed by atoms with Crippen LogP contribution in [-0.4, -0.2) is 20.3 Å². The van der Waals surface area contributed by atoms with Crippen LogP contribution in [0.4, 0.5) is 8.78 Å². The fraction of sp³-hybridized carbons (Fsp3) is 0.400. The number of nitrogens with two attached hydrogens (primary N) is 1. The summed E-state index contributed by atoms with van der Waals surface area (Å²) < 4.78 is 30.6. The second-order valence-electron chi connectivity index (χ2n) is 2.95. The Labute approximate surface area is 81.7 Å². The van der Waals surface area contributed by atoms with Crippen molar-refractivity contribution < 1.29 is 13.5 Å². The fourth-order valence-corrected chi connectivity index (χ4v) is 1.34. The molecule has 1 aromatic carbocycles. The minimum Gasteiger partial charge on any atom is -0.493 e. The number of hydrogen-bond donors (Lipinski definition) is 1. The molecule has 2 nitrogen and oxygen atoms in total. The topological polar surface area (TPSA) is 35.2 Å². The minimum absolute atomic E-state index is 0.0839. The van der Waals surface area contributed by atoms with Gasteiger partial charge in [-0.05, 0) is 6.07 Å². The summed E-state index contributed by atoms with van der Waals surface area (Å²) in [7, 11) is 1.35. The SMILES string of the molecule is COc1c(F)cccc1C(CN)CF. The van der Waals surface area contributed by atoms with Crippen molar-refractivity contribution in [3.63, 3.8) is 0 Å². The van der Waals surface area contributed by atoms with E-state index in [-0.39, 0.29) is 12.3 Å². The molecular formula is C10H13F2NO. The molecule has 0 heterocycles. The van der Waals surface area contributed by atoms with Crippen LogP contribution in [0, 0.1) is 5.82 Å². The Morgan fingerprint density at radius 1 is 1.50 bits per heavy atom. The summed E-state index contributed by atoms with van der Waals surface area (Å²) in [5.41, 5.74) is 5.85. The van der Waals surface area contributed by atoms with Crippen LogP contribution in [0.3, 0.4) is 0 Å². The van der Waals surface area contributed by atoms with E-state index in [0.717, 1.165) is 0 Å². The highest BCUT2D eigenvalue weighted by Gasteiger charge is 2.17. The number of rotatable bonds is 4. The molecule has 0 aliphatic carbocycles. The molecule has 0 aliphatic rings. The van der Waals surface area contributed by atoms with Crippen LogP contribution >= 0.6 is 0 Å². The van der Waals surface area contributed by atoms with E-state index in [1.807, 2.05) is 0 Å². The fourth-order valence-electron chi connectivity index (χ4n) is 1.34. The third-order valence-electron chi connectivity index (χ3n) is 2.11. The Hall–Kier alpha value is -1.16. The number of ether oxygens (including phenoxy) is 1. The van der Waals surface area contributed by atoms with Crippen LogP contribution in [0.25, 0.3) is 0 Å². The largest absolute Gasteiger partial charge is 0.493 e. The van der Waals surface area contributed by atoms with Gasteiger partial charge in [-0.25, -0.2) is 4.39 Å². The van der Waals surface area contributed by atoms with Crippen molar-refractivity contribution in [2.45, 2.75) is 5.92 Å².